The van der Waals surface area contributed by atoms with Crippen LogP contribution in [-0.2, 0) is 9.59 Å². The van der Waals surface area contributed by atoms with Crippen molar-refractivity contribution in [1.82, 2.24) is 9.88 Å². The topological polar surface area (TPSA) is 73.8 Å². The van der Waals surface area contributed by atoms with Crippen LogP contribution >= 0.6 is 11.3 Å². The van der Waals surface area contributed by atoms with E-state index in [-0.39, 0.29) is 30.6 Å². The van der Waals surface area contributed by atoms with Gasteiger partial charge in [-0.2, -0.15) is 0 Å². The lowest BCUT2D eigenvalue weighted by Gasteiger charge is -2.21. The second-order valence-electron chi connectivity index (χ2n) is 7.75. The third-order valence-electron chi connectivity index (χ3n) is 5.17. The van der Waals surface area contributed by atoms with E-state index in [0.717, 1.165) is 23.2 Å². The minimum atomic E-state index is -0.205. The molecule has 1 saturated heterocycles. The smallest absolute Gasteiger partial charge is 0.260 e. The molecule has 1 aliphatic rings. The number of imide groups is 1. The summed E-state index contributed by atoms with van der Waals surface area (Å²) in [6.07, 6.45) is 1.27. The van der Waals surface area contributed by atoms with Crippen molar-refractivity contribution in [1.29, 1.82) is 0 Å². The Morgan fingerprint density at radius 1 is 1.00 bits per heavy atom. The maximum atomic E-state index is 13.4. The van der Waals surface area contributed by atoms with Crippen LogP contribution < -0.4 is 9.80 Å². The standard InChI is InChI=1S/C23H24N4O3S/c1-25(2)14-5-15-26(23-24-18-6-3-4-7-19(18)31-23)22(30)16-8-10-17(11-9-16)27-20(28)12-13-21(27)29/h3-4,6-11H,5,12-15H2,1-2H3. The lowest BCUT2D eigenvalue weighted by atomic mass is 10.1. The van der Waals surface area contributed by atoms with Gasteiger partial charge >= 0.3 is 0 Å². The average molecular weight is 437 g/mol. The molecule has 0 saturated carbocycles. The van der Waals surface area contributed by atoms with Crippen LogP contribution in [0.5, 0.6) is 0 Å². The highest BCUT2D eigenvalue weighted by Crippen LogP contribution is 2.30. The lowest BCUT2D eigenvalue weighted by Crippen LogP contribution is -2.33. The maximum absolute atomic E-state index is 13.4. The highest BCUT2D eigenvalue weighted by atomic mass is 32.1. The molecule has 2 heterocycles. The summed E-state index contributed by atoms with van der Waals surface area (Å²) in [6.45, 7) is 1.40. The summed E-state index contributed by atoms with van der Waals surface area (Å²) in [6, 6.07) is 14.5. The number of aromatic nitrogens is 1. The number of para-hydroxylation sites is 1. The maximum Gasteiger partial charge on any atom is 0.260 e. The Kier molecular flexibility index (Phi) is 6.11. The molecular weight excluding hydrogens is 412 g/mol. The van der Waals surface area contributed by atoms with Crippen molar-refractivity contribution in [2.24, 2.45) is 0 Å². The van der Waals surface area contributed by atoms with Crippen LogP contribution in [0.15, 0.2) is 48.5 Å². The number of carbonyl (C=O) groups is 3. The van der Waals surface area contributed by atoms with Crippen molar-refractivity contribution in [3.63, 3.8) is 0 Å². The van der Waals surface area contributed by atoms with Gasteiger partial charge in [-0.05, 0) is 63.5 Å². The third kappa shape index (κ3) is 4.50. The van der Waals surface area contributed by atoms with E-state index in [2.05, 4.69) is 9.88 Å². The molecule has 0 spiro atoms. The van der Waals surface area contributed by atoms with E-state index in [1.54, 1.807) is 29.2 Å². The largest absolute Gasteiger partial charge is 0.309 e. The van der Waals surface area contributed by atoms with E-state index in [1.807, 2.05) is 38.4 Å². The number of hydrogen-bond donors (Lipinski definition) is 0. The zero-order valence-corrected chi connectivity index (χ0v) is 18.4. The normalized spacial score (nSPS) is 14.1. The van der Waals surface area contributed by atoms with Gasteiger partial charge in [0, 0.05) is 24.9 Å². The van der Waals surface area contributed by atoms with Crippen LogP contribution in [0.4, 0.5) is 10.8 Å². The van der Waals surface area contributed by atoms with E-state index in [9.17, 15) is 14.4 Å². The Balaban J connectivity index is 1.60. The molecule has 3 aromatic rings. The SMILES string of the molecule is CN(C)CCCN(C(=O)c1ccc(N2C(=O)CCC2=O)cc1)c1nc2ccccc2s1. The van der Waals surface area contributed by atoms with Gasteiger partial charge in [0.05, 0.1) is 15.9 Å². The van der Waals surface area contributed by atoms with Crippen LogP contribution in [0.3, 0.4) is 0 Å². The quantitative estimate of drug-likeness (QED) is 0.530. The van der Waals surface area contributed by atoms with Crippen molar-refractivity contribution < 1.29 is 14.4 Å². The van der Waals surface area contributed by atoms with Gasteiger partial charge < -0.3 is 4.90 Å². The van der Waals surface area contributed by atoms with E-state index in [4.69, 9.17) is 0 Å². The second-order valence-corrected chi connectivity index (χ2v) is 8.76. The molecule has 3 amide bonds. The molecule has 1 aromatic heterocycles. The summed E-state index contributed by atoms with van der Waals surface area (Å²) in [4.78, 5) is 47.0. The lowest BCUT2D eigenvalue weighted by molar-refractivity contribution is -0.121. The molecule has 1 fully saturated rings. The van der Waals surface area contributed by atoms with E-state index in [0.29, 0.717) is 22.9 Å². The van der Waals surface area contributed by atoms with E-state index in [1.165, 1.54) is 16.2 Å². The zero-order chi connectivity index (χ0) is 22.0. The molecule has 0 bridgehead atoms. The van der Waals surface area contributed by atoms with Crippen molar-refractivity contribution >= 4 is 50.1 Å². The minimum absolute atomic E-state index is 0.150. The minimum Gasteiger partial charge on any atom is -0.309 e. The Bertz CT molecular complexity index is 1070. The number of hydrogen-bond acceptors (Lipinski definition) is 6. The Labute approximate surface area is 184 Å². The van der Waals surface area contributed by atoms with Crippen LogP contribution in [-0.4, -0.2) is 54.8 Å². The van der Waals surface area contributed by atoms with Crippen molar-refractivity contribution in [2.45, 2.75) is 19.3 Å². The Morgan fingerprint density at radius 3 is 2.32 bits per heavy atom. The number of amides is 3. The number of benzene rings is 2. The van der Waals surface area contributed by atoms with Gasteiger partial charge in [-0.1, -0.05) is 23.5 Å². The van der Waals surface area contributed by atoms with E-state index >= 15 is 0 Å². The number of nitrogens with zero attached hydrogens (tertiary/aromatic N) is 4. The molecule has 7 nitrogen and oxygen atoms in total. The molecule has 160 valence electrons. The number of anilines is 2. The number of thiazole rings is 1. The summed E-state index contributed by atoms with van der Waals surface area (Å²) in [7, 11) is 4.01. The molecule has 31 heavy (non-hydrogen) atoms. The highest BCUT2D eigenvalue weighted by molar-refractivity contribution is 7.22. The first-order chi connectivity index (χ1) is 14.9. The molecular formula is C23H24N4O3S. The van der Waals surface area contributed by atoms with Gasteiger partial charge in [-0.25, -0.2) is 4.98 Å². The summed E-state index contributed by atoms with van der Waals surface area (Å²) < 4.78 is 1.03. The van der Waals surface area contributed by atoms with Crippen molar-refractivity contribution in [2.75, 3.05) is 37.0 Å². The Hall–Kier alpha value is -3.10. The first-order valence-electron chi connectivity index (χ1n) is 10.2. The van der Waals surface area contributed by atoms with Crippen molar-refractivity contribution in [3.05, 3.63) is 54.1 Å². The van der Waals surface area contributed by atoms with Gasteiger partial charge in [0.15, 0.2) is 5.13 Å². The first kappa shape index (κ1) is 21.1. The molecule has 0 radical (unpaired) electrons. The van der Waals surface area contributed by atoms with Crippen molar-refractivity contribution in [3.8, 4) is 0 Å². The van der Waals surface area contributed by atoms with Gasteiger partial charge in [0.2, 0.25) is 11.8 Å². The summed E-state index contributed by atoms with van der Waals surface area (Å²) in [5.41, 5.74) is 1.87. The van der Waals surface area contributed by atoms with Crippen LogP contribution in [0.1, 0.15) is 29.6 Å². The molecule has 0 N–H and O–H groups in total. The Morgan fingerprint density at radius 2 is 1.68 bits per heavy atom. The number of fused-ring (bicyclic) bond motifs is 1. The zero-order valence-electron chi connectivity index (χ0n) is 17.6. The fraction of sp³-hybridized carbons (Fsp3) is 0.304. The predicted molar refractivity (Wildman–Crippen MR) is 123 cm³/mol. The number of rotatable bonds is 7. The third-order valence-corrected chi connectivity index (χ3v) is 6.23. The average Bonchev–Trinajstić information content (AvgIpc) is 3.33. The fourth-order valence-electron chi connectivity index (χ4n) is 3.58. The highest BCUT2D eigenvalue weighted by Gasteiger charge is 2.30. The molecule has 1 aliphatic heterocycles. The van der Waals surface area contributed by atoms with E-state index < -0.39 is 0 Å². The van der Waals surface area contributed by atoms with Gasteiger partial charge in [0.25, 0.3) is 5.91 Å². The fourth-order valence-corrected chi connectivity index (χ4v) is 4.57. The first-order valence-corrected chi connectivity index (χ1v) is 11.0. The molecule has 0 atom stereocenters. The molecule has 0 unspecified atom stereocenters. The molecule has 8 heteroatoms. The molecule has 4 rings (SSSR count). The summed E-state index contributed by atoms with van der Waals surface area (Å²) in [5, 5.41) is 0.666. The molecule has 0 aliphatic carbocycles. The molecule has 2 aromatic carbocycles. The van der Waals surface area contributed by atoms with Gasteiger partial charge in [0.1, 0.15) is 0 Å². The van der Waals surface area contributed by atoms with Crippen LogP contribution in [0.2, 0.25) is 0 Å². The monoisotopic (exact) mass is 436 g/mol. The second kappa shape index (κ2) is 8.95. The summed E-state index contributed by atoms with van der Waals surface area (Å²) in [5.74, 6) is -0.559. The number of carbonyl (C=O) groups excluding carboxylic acids is 3. The van der Waals surface area contributed by atoms with Crippen LogP contribution in [0, 0.1) is 0 Å². The van der Waals surface area contributed by atoms with Gasteiger partial charge in [-0.3, -0.25) is 24.2 Å². The van der Waals surface area contributed by atoms with Crippen LogP contribution in [0.25, 0.3) is 10.2 Å². The summed E-state index contributed by atoms with van der Waals surface area (Å²) >= 11 is 1.49. The van der Waals surface area contributed by atoms with Gasteiger partial charge in [-0.15, -0.1) is 0 Å². The predicted octanol–water partition coefficient (Wildman–Crippen LogP) is 3.55.